The lowest BCUT2D eigenvalue weighted by Crippen LogP contribution is -2.07. The van der Waals surface area contributed by atoms with E-state index in [0.29, 0.717) is 5.92 Å². The second-order valence-electron chi connectivity index (χ2n) is 5.60. The zero-order valence-electron chi connectivity index (χ0n) is 13.3. The van der Waals surface area contributed by atoms with Crippen molar-refractivity contribution < 1.29 is 0 Å². The fraction of sp³-hybridized carbons (Fsp3) is 0.412. The maximum absolute atomic E-state index is 4.79. The molecule has 0 atom stereocenters. The van der Waals surface area contributed by atoms with Crippen LogP contribution < -0.4 is 5.32 Å². The van der Waals surface area contributed by atoms with E-state index >= 15 is 0 Å². The van der Waals surface area contributed by atoms with Crippen LogP contribution in [0.4, 0.5) is 5.82 Å². The van der Waals surface area contributed by atoms with Crippen LogP contribution in [0, 0.1) is 13.8 Å². The molecule has 2 aromatic rings. The van der Waals surface area contributed by atoms with Gasteiger partial charge < -0.3 is 5.32 Å². The van der Waals surface area contributed by atoms with E-state index in [1.807, 2.05) is 0 Å². The van der Waals surface area contributed by atoms with Gasteiger partial charge >= 0.3 is 0 Å². The summed E-state index contributed by atoms with van der Waals surface area (Å²) in [5, 5.41) is 3.32. The normalized spacial score (nSPS) is 11.0. The number of benzene rings is 1. The number of hydrogen-bond donors (Lipinski definition) is 1. The maximum Gasteiger partial charge on any atom is 0.162 e. The number of aromatic nitrogens is 2. The van der Waals surface area contributed by atoms with Gasteiger partial charge in [0.15, 0.2) is 5.82 Å². The van der Waals surface area contributed by atoms with Crippen LogP contribution in [-0.2, 0) is 0 Å². The molecule has 0 aliphatic rings. The Morgan fingerprint density at radius 2 is 1.90 bits per heavy atom. The molecule has 0 aliphatic heterocycles. The van der Waals surface area contributed by atoms with E-state index in [2.05, 4.69) is 74.1 Å². The fourth-order valence-corrected chi connectivity index (χ4v) is 3.00. The SMILES string of the molecule is CCNc1nc(-c2cc(C)ccc2C)nc(C(C)C)c1Br. The Morgan fingerprint density at radius 3 is 2.52 bits per heavy atom. The van der Waals surface area contributed by atoms with Gasteiger partial charge in [-0.1, -0.05) is 31.5 Å². The topological polar surface area (TPSA) is 37.8 Å². The average molecular weight is 348 g/mol. The van der Waals surface area contributed by atoms with Crippen molar-refractivity contribution >= 4 is 21.7 Å². The quantitative estimate of drug-likeness (QED) is 0.837. The Kier molecular flexibility index (Phi) is 4.99. The molecule has 0 saturated carbocycles. The number of nitrogens with one attached hydrogen (secondary N) is 1. The summed E-state index contributed by atoms with van der Waals surface area (Å²) in [4.78, 5) is 9.50. The molecule has 0 bridgehead atoms. The van der Waals surface area contributed by atoms with Crippen molar-refractivity contribution in [3.63, 3.8) is 0 Å². The summed E-state index contributed by atoms with van der Waals surface area (Å²) in [7, 11) is 0. The lowest BCUT2D eigenvalue weighted by Gasteiger charge is -2.15. The van der Waals surface area contributed by atoms with Crippen molar-refractivity contribution in [3.05, 3.63) is 39.5 Å². The van der Waals surface area contributed by atoms with E-state index in [9.17, 15) is 0 Å². The Morgan fingerprint density at radius 1 is 1.19 bits per heavy atom. The standard InChI is InChI=1S/C17H22BrN3/c1-6-19-17-14(18)15(10(2)3)20-16(21-17)13-9-11(4)7-8-12(13)5/h7-10H,6H2,1-5H3,(H,19,20,21). The molecule has 21 heavy (non-hydrogen) atoms. The summed E-state index contributed by atoms with van der Waals surface area (Å²) in [6.45, 7) is 11.4. The molecule has 1 aromatic carbocycles. The second-order valence-corrected chi connectivity index (χ2v) is 6.39. The molecule has 1 aromatic heterocycles. The Hall–Kier alpha value is -1.42. The van der Waals surface area contributed by atoms with Crippen molar-refractivity contribution in [1.82, 2.24) is 9.97 Å². The largest absolute Gasteiger partial charge is 0.369 e. The van der Waals surface area contributed by atoms with Gasteiger partial charge in [-0.05, 0) is 54.2 Å². The molecule has 0 fully saturated rings. The van der Waals surface area contributed by atoms with Crippen molar-refractivity contribution in [2.45, 2.75) is 40.5 Å². The van der Waals surface area contributed by atoms with E-state index in [1.165, 1.54) is 11.1 Å². The van der Waals surface area contributed by atoms with Crippen LogP contribution in [0.3, 0.4) is 0 Å². The number of halogens is 1. The molecular formula is C17H22BrN3. The zero-order valence-corrected chi connectivity index (χ0v) is 14.9. The van der Waals surface area contributed by atoms with E-state index in [0.717, 1.165) is 33.9 Å². The summed E-state index contributed by atoms with van der Waals surface area (Å²) in [6.07, 6.45) is 0. The first-order chi connectivity index (χ1) is 9.93. The van der Waals surface area contributed by atoms with Crippen molar-refractivity contribution in [2.24, 2.45) is 0 Å². The molecule has 2 rings (SSSR count). The lowest BCUT2D eigenvalue weighted by atomic mass is 10.0. The molecule has 4 heteroatoms. The number of nitrogens with zero attached hydrogens (tertiary/aromatic N) is 2. The van der Waals surface area contributed by atoms with Crippen molar-refractivity contribution in [1.29, 1.82) is 0 Å². The molecular weight excluding hydrogens is 326 g/mol. The van der Waals surface area contributed by atoms with E-state index < -0.39 is 0 Å². The molecule has 0 spiro atoms. The lowest BCUT2D eigenvalue weighted by molar-refractivity contribution is 0.809. The predicted octanol–water partition coefficient (Wildman–Crippen LogP) is 5.08. The molecule has 3 nitrogen and oxygen atoms in total. The molecule has 0 aliphatic carbocycles. The Labute approximate surface area is 135 Å². The van der Waals surface area contributed by atoms with Crippen LogP contribution in [0.5, 0.6) is 0 Å². The summed E-state index contributed by atoms with van der Waals surface area (Å²) in [5.41, 5.74) is 4.55. The predicted molar refractivity (Wildman–Crippen MR) is 92.9 cm³/mol. The minimum absolute atomic E-state index is 0.337. The first-order valence-electron chi connectivity index (χ1n) is 7.33. The van der Waals surface area contributed by atoms with Crippen LogP contribution in [0.1, 0.15) is 43.5 Å². The monoisotopic (exact) mass is 347 g/mol. The van der Waals surface area contributed by atoms with E-state index in [4.69, 9.17) is 9.97 Å². The first-order valence-corrected chi connectivity index (χ1v) is 8.12. The fourth-order valence-electron chi connectivity index (χ4n) is 2.23. The second kappa shape index (κ2) is 6.56. The highest BCUT2D eigenvalue weighted by Crippen LogP contribution is 2.32. The van der Waals surface area contributed by atoms with Crippen LogP contribution in [-0.4, -0.2) is 16.5 Å². The molecule has 112 valence electrons. The average Bonchev–Trinajstić information content (AvgIpc) is 2.43. The molecule has 1 heterocycles. The van der Waals surface area contributed by atoms with Gasteiger partial charge in [-0.15, -0.1) is 0 Å². The third-order valence-corrected chi connectivity index (χ3v) is 4.18. The van der Waals surface area contributed by atoms with Crippen molar-refractivity contribution in [2.75, 3.05) is 11.9 Å². The Bertz CT molecular complexity index is 651. The Balaban J connectivity index is 2.65. The summed E-state index contributed by atoms with van der Waals surface area (Å²) >= 11 is 3.64. The minimum atomic E-state index is 0.337. The maximum atomic E-state index is 4.79. The van der Waals surface area contributed by atoms with Gasteiger partial charge in [0.25, 0.3) is 0 Å². The van der Waals surface area contributed by atoms with Gasteiger partial charge in [0.1, 0.15) is 5.82 Å². The molecule has 0 amide bonds. The summed E-state index contributed by atoms with van der Waals surface area (Å²) < 4.78 is 0.966. The van der Waals surface area contributed by atoms with Crippen LogP contribution >= 0.6 is 15.9 Å². The zero-order chi connectivity index (χ0) is 15.6. The minimum Gasteiger partial charge on any atom is -0.369 e. The van der Waals surface area contributed by atoms with Crippen LogP contribution in [0.25, 0.3) is 11.4 Å². The van der Waals surface area contributed by atoms with Crippen LogP contribution in [0.15, 0.2) is 22.7 Å². The highest BCUT2D eigenvalue weighted by Gasteiger charge is 2.16. The third kappa shape index (κ3) is 3.43. The molecule has 1 N–H and O–H groups in total. The van der Waals surface area contributed by atoms with Crippen molar-refractivity contribution in [3.8, 4) is 11.4 Å². The molecule has 0 radical (unpaired) electrons. The van der Waals surface area contributed by atoms with Crippen LogP contribution in [0.2, 0.25) is 0 Å². The first kappa shape index (κ1) is 16.0. The third-order valence-electron chi connectivity index (χ3n) is 3.40. The number of hydrogen-bond acceptors (Lipinski definition) is 3. The number of anilines is 1. The number of rotatable bonds is 4. The van der Waals surface area contributed by atoms with E-state index in [1.54, 1.807) is 0 Å². The van der Waals surface area contributed by atoms with Gasteiger partial charge in [0.05, 0.1) is 10.2 Å². The van der Waals surface area contributed by atoms with Gasteiger partial charge in [-0.2, -0.15) is 0 Å². The van der Waals surface area contributed by atoms with Gasteiger partial charge in [-0.25, -0.2) is 9.97 Å². The number of aryl methyl sites for hydroxylation is 2. The van der Waals surface area contributed by atoms with Gasteiger partial charge in [0.2, 0.25) is 0 Å². The van der Waals surface area contributed by atoms with Gasteiger partial charge in [-0.3, -0.25) is 0 Å². The summed E-state index contributed by atoms with van der Waals surface area (Å²) in [5.74, 6) is 2.00. The van der Waals surface area contributed by atoms with Gasteiger partial charge in [0, 0.05) is 12.1 Å². The highest BCUT2D eigenvalue weighted by molar-refractivity contribution is 9.10. The molecule has 0 saturated heterocycles. The molecule has 0 unspecified atom stereocenters. The van der Waals surface area contributed by atoms with E-state index in [-0.39, 0.29) is 0 Å². The highest BCUT2D eigenvalue weighted by atomic mass is 79.9. The smallest absolute Gasteiger partial charge is 0.162 e. The summed E-state index contributed by atoms with van der Waals surface area (Å²) in [6, 6.07) is 6.39.